The van der Waals surface area contributed by atoms with Crippen molar-refractivity contribution in [2.45, 2.75) is 18.8 Å². The Kier molecular flexibility index (Phi) is 5.69. The van der Waals surface area contributed by atoms with Gasteiger partial charge in [0, 0.05) is 6.42 Å². The molecule has 0 amide bonds. The van der Waals surface area contributed by atoms with Crippen molar-refractivity contribution in [2.24, 2.45) is 0 Å². The van der Waals surface area contributed by atoms with Crippen LogP contribution in [0.4, 0.5) is 0 Å². The van der Waals surface area contributed by atoms with Gasteiger partial charge >= 0.3 is 11.9 Å². The standard InChI is InChI=1S/C19H18O4/c20-18(21)13-12-17(19(22)23)16-11-7-3-5-9-14-8-4-1-2-6-10-15(14)16/h1-11,17H,12-13H2,(H,20,21)(H,22,23). The van der Waals surface area contributed by atoms with Crippen LogP contribution in [-0.2, 0) is 9.59 Å². The first-order valence-electron chi connectivity index (χ1n) is 7.35. The van der Waals surface area contributed by atoms with Crippen molar-refractivity contribution in [3.05, 3.63) is 72.3 Å². The number of hydrogen-bond acceptors (Lipinski definition) is 2. The second-order valence-corrected chi connectivity index (χ2v) is 5.16. The molecule has 23 heavy (non-hydrogen) atoms. The fourth-order valence-corrected chi connectivity index (χ4v) is 2.49. The molecule has 4 nitrogen and oxygen atoms in total. The Labute approximate surface area is 134 Å². The number of carboxylic acid groups (broad SMARTS) is 2. The highest BCUT2D eigenvalue weighted by atomic mass is 16.4. The monoisotopic (exact) mass is 310 g/mol. The van der Waals surface area contributed by atoms with E-state index < -0.39 is 17.9 Å². The molecule has 0 aromatic carbocycles. The Bertz CT molecular complexity index is 718. The van der Waals surface area contributed by atoms with E-state index in [1.807, 2.05) is 54.6 Å². The fourth-order valence-electron chi connectivity index (χ4n) is 2.49. The third-order valence-corrected chi connectivity index (χ3v) is 3.59. The molecular weight excluding hydrogens is 292 g/mol. The van der Waals surface area contributed by atoms with Gasteiger partial charge < -0.3 is 10.2 Å². The van der Waals surface area contributed by atoms with Crippen LogP contribution in [0, 0.1) is 0 Å². The lowest BCUT2D eigenvalue weighted by molar-refractivity contribution is -0.140. The van der Waals surface area contributed by atoms with Gasteiger partial charge in [0.2, 0.25) is 0 Å². The van der Waals surface area contributed by atoms with Crippen LogP contribution in [0.25, 0.3) is 11.1 Å². The van der Waals surface area contributed by atoms with Crippen LogP contribution < -0.4 is 0 Å². The number of rotatable bonds is 5. The molecule has 2 aliphatic rings. The van der Waals surface area contributed by atoms with Gasteiger partial charge in [0.15, 0.2) is 0 Å². The molecule has 0 radical (unpaired) electrons. The molecular formula is C19H18O4. The van der Waals surface area contributed by atoms with E-state index in [4.69, 9.17) is 5.11 Å². The van der Waals surface area contributed by atoms with Gasteiger partial charge in [-0.2, -0.15) is 0 Å². The van der Waals surface area contributed by atoms with Crippen molar-refractivity contribution in [1.82, 2.24) is 0 Å². The molecule has 118 valence electrons. The van der Waals surface area contributed by atoms with Crippen molar-refractivity contribution in [3.8, 4) is 11.1 Å². The molecule has 0 saturated heterocycles. The Morgan fingerprint density at radius 1 is 0.826 bits per heavy atom. The van der Waals surface area contributed by atoms with Gasteiger partial charge in [-0.25, -0.2) is 0 Å². The maximum absolute atomic E-state index is 11.7. The summed E-state index contributed by atoms with van der Waals surface area (Å²) >= 11 is 0. The smallest absolute Gasteiger partial charge is 0.311 e. The highest BCUT2D eigenvalue weighted by Crippen LogP contribution is 2.31. The molecule has 0 aromatic rings. The topological polar surface area (TPSA) is 74.6 Å². The fraction of sp³-hybridized carbons (Fsp3) is 0.158. The Hall–Kier alpha value is -2.88. The maximum atomic E-state index is 11.7. The summed E-state index contributed by atoms with van der Waals surface area (Å²) in [5, 5.41) is 18.4. The number of hydrogen-bond donors (Lipinski definition) is 2. The molecule has 0 aliphatic heterocycles. The molecule has 0 saturated carbocycles. The normalized spacial score (nSPS) is 11.5. The summed E-state index contributed by atoms with van der Waals surface area (Å²) in [4.78, 5) is 22.5. The van der Waals surface area contributed by atoms with Crippen LogP contribution in [-0.4, -0.2) is 22.2 Å². The molecule has 0 bridgehead atoms. The lowest BCUT2D eigenvalue weighted by atomic mass is 9.88. The van der Waals surface area contributed by atoms with E-state index in [1.54, 1.807) is 12.1 Å². The molecule has 2 N–H and O–H groups in total. The minimum Gasteiger partial charge on any atom is -0.481 e. The first-order valence-corrected chi connectivity index (χ1v) is 7.35. The number of fused-ring (bicyclic) bond motifs is 1. The largest absolute Gasteiger partial charge is 0.481 e. The van der Waals surface area contributed by atoms with Gasteiger partial charge in [-0.1, -0.05) is 66.7 Å². The third-order valence-electron chi connectivity index (χ3n) is 3.59. The lowest BCUT2D eigenvalue weighted by Crippen LogP contribution is -2.14. The number of aliphatic carboxylic acids is 2. The van der Waals surface area contributed by atoms with Gasteiger partial charge in [-0.15, -0.1) is 0 Å². The van der Waals surface area contributed by atoms with Gasteiger partial charge in [0.05, 0.1) is 5.92 Å². The highest BCUT2D eigenvalue weighted by molar-refractivity contribution is 5.81. The Morgan fingerprint density at radius 3 is 2.00 bits per heavy atom. The zero-order chi connectivity index (χ0) is 16.7. The quantitative estimate of drug-likeness (QED) is 0.877. The van der Waals surface area contributed by atoms with Gasteiger partial charge in [0.25, 0.3) is 0 Å². The summed E-state index contributed by atoms with van der Waals surface area (Å²) in [5.41, 5.74) is 2.30. The summed E-state index contributed by atoms with van der Waals surface area (Å²) in [5.74, 6) is -2.88. The minimum atomic E-state index is -1.02. The van der Waals surface area contributed by atoms with Crippen LogP contribution in [0.5, 0.6) is 0 Å². The van der Waals surface area contributed by atoms with Crippen LogP contribution in [0.15, 0.2) is 66.7 Å². The average molecular weight is 310 g/mol. The van der Waals surface area contributed by atoms with E-state index in [2.05, 4.69) is 0 Å². The predicted octanol–water partition coefficient (Wildman–Crippen LogP) is 3.95. The average Bonchev–Trinajstić information content (AvgIpc) is 2.45. The van der Waals surface area contributed by atoms with E-state index in [0.29, 0.717) is 5.56 Å². The summed E-state index contributed by atoms with van der Waals surface area (Å²) in [6, 6.07) is 20.4. The summed E-state index contributed by atoms with van der Waals surface area (Å²) in [6.07, 6.45) is -0.131. The SMILES string of the molecule is O=C(O)CCC(C(=O)O)c1cccccc2ccccccc1-2. The van der Waals surface area contributed by atoms with Crippen molar-refractivity contribution in [1.29, 1.82) is 0 Å². The second-order valence-electron chi connectivity index (χ2n) is 5.16. The first kappa shape index (κ1) is 16.5. The number of carboxylic acids is 2. The van der Waals surface area contributed by atoms with Crippen LogP contribution in [0.1, 0.15) is 24.3 Å². The summed E-state index contributed by atoms with van der Waals surface area (Å²) < 4.78 is 0. The molecule has 0 spiro atoms. The second kappa shape index (κ2) is 7.94. The molecule has 1 atom stereocenters. The molecule has 0 fully saturated rings. The molecule has 4 heteroatoms. The van der Waals surface area contributed by atoms with E-state index in [0.717, 1.165) is 11.1 Å². The van der Waals surface area contributed by atoms with Crippen molar-refractivity contribution < 1.29 is 19.8 Å². The molecule has 2 aliphatic carbocycles. The lowest BCUT2D eigenvalue weighted by Gasteiger charge is -2.15. The molecule has 1 unspecified atom stereocenters. The van der Waals surface area contributed by atoms with Crippen molar-refractivity contribution in [3.63, 3.8) is 0 Å². The predicted molar refractivity (Wildman–Crippen MR) is 87.9 cm³/mol. The molecule has 2 rings (SSSR count). The van der Waals surface area contributed by atoms with E-state index in [9.17, 15) is 14.7 Å². The van der Waals surface area contributed by atoms with Gasteiger partial charge in [0.1, 0.15) is 0 Å². The van der Waals surface area contributed by atoms with Gasteiger partial charge in [-0.3, -0.25) is 9.59 Å². The summed E-state index contributed by atoms with van der Waals surface area (Å²) in [7, 11) is 0. The first-order chi connectivity index (χ1) is 11.1. The van der Waals surface area contributed by atoms with E-state index >= 15 is 0 Å². The molecule has 0 aromatic heterocycles. The van der Waals surface area contributed by atoms with Crippen molar-refractivity contribution >= 4 is 11.9 Å². The Balaban J connectivity index is 2.64. The van der Waals surface area contributed by atoms with E-state index in [-0.39, 0.29) is 12.8 Å². The molecule has 0 heterocycles. The summed E-state index contributed by atoms with van der Waals surface area (Å²) in [6.45, 7) is 0. The Morgan fingerprint density at radius 2 is 1.39 bits per heavy atom. The van der Waals surface area contributed by atoms with E-state index in [1.165, 1.54) is 0 Å². The van der Waals surface area contributed by atoms with Crippen LogP contribution in [0.3, 0.4) is 0 Å². The van der Waals surface area contributed by atoms with Crippen LogP contribution >= 0.6 is 0 Å². The highest BCUT2D eigenvalue weighted by Gasteiger charge is 2.23. The minimum absolute atomic E-state index is 0.0538. The van der Waals surface area contributed by atoms with Crippen LogP contribution in [0.2, 0.25) is 0 Å². The zero-order valence-electron chi connectivity index (χ0n) is 12.6. The van der Waals surface area contributed by atoms with Gasteiger partial charge in [-0.05, 0) is 23.1 Å². The zero-order valence-corrected chi connectivity index (χ0v) is 12.6. The third kappa shape index (κ3) is 4.54. The number of carbonyl (C=O) groups is 2. The maximum Gasteiger partial charge on any atom is 0.311 e. The van der Waals surface area contributed by atoms with Crippen molar-refractivity contribution in [2.75, 3.05) is 0 Å².